The van der Waals surface area contributed by atoms with Crippen molar-refractivity contribution in [3.63, 3.8) is 0 Å². The normalized spacial score (nSPS) is 11.6. The van der Waals surface area contributed by atoms with Crippen LogP contribution in [0.25, 0.3) is 0 Å². The lowest BCUT2D eigenvalue weighted by Crippen LogP contribution is -2.27. The van der Waals surface area contributed by atoms with Crippen LogP contribution in [0.1, 0.15) is 57.0 Å². The maximum absolute atomic E-state index is 11.8. The quantitative estimate of drug-likeness (QED) is 0.104. The summed E-state index contributed by atoms with van der Waals surface area (Å²) < 4.78 is 22.2. The minimum Gasteiger partial charge on any atom is -0.488 e. The summed E-state index contributed by atoms with van der Waals surface area (Å²) >= 11 is 8.05. The van der Waals surface area contributed by atoms with Crippen molar-refractivity contribution in [2.75, 3.05) is 26.1 Å². The molecule has 0 spiro atoms. The molecule has 0 fully saturated rings. The highest BCUT2D eigenvalue weighted by atomic mass is 35.5. The zero-order valence-corrected chi connectivity index (χ0v) is 25.2. The van der Waals surface area contributed by atoms with Crippen LogP contribution in [0.15, 0.2) is 53.8 Å². The summed E-state index contributed by atoms with van der Waals surface area (Å²) in [6, 6.07) is 15.4. The van der Waals surface area contributed by atoms with E-state index in [0.717, 1.165) is 22.6 Å². The van der Waals surface area contributed by atoms with Crippen LogP contribution in [0.2, 0.25) is 5.02 Å². The molecular formula is C30H34ClN3O5S. The summed E-state index contributed by atoms with van der Waals surface area (Å²) in [6.07, 6.45) is 3.65. The number of carbonyl (C=O) groups is 1. The van der Waals surface area contributed by atoms with Gasteiger partial charge in [-0.1, -0.05) is 49.3 Å². The summed E-state index contributed by atoms with van der Waals surface area (Å²) in [5.41, 5.74) is 1.98. The van der Waals surface area contributed by atoms with Gasteiger partial charge in [-0.15, -0.1) is 0 Å². The van der Waals surface area contributed by atoms with Crippen molar-refractivity contribution in [1.29, 1.82) is 5.26 Å². The van der Waals surface area contributed by atoms with Gasteiger partial charge in [0.2, 0.25) is 0 Å². The molecule has 0 unspecified atom stereocenters. The fourth-order valence-corrected chi connectivity index (χ4v) is 4.41. The number of esters is 1. The van der Waals surface area contributed by atoms with E-state index in [2.05, 4.69) is 29.9 Å². The van der Waals surface area contributed by atoms with E-state index >= 15 is 0 Å². The lowest BCUT2D eigenvalue weighted by atomic mass is 9.77. The first-order valence-corrected chi connectivity index (χ1v) is 14.3. The van der Waals surface area contributed by atoms with Crippen LogP contribution < -0.4 is 9.47 Å². The molecule has 3 rings (SSSR count). The summed E-state index contributed by atoms with van der Waals surface area (Å²) in [5, 5.41) is 10.8. The molecule has 3 aromatic rings. The number of rotatable bonds is 12. The van der Waals surface area contributed by atoms with Crippen molar-refractivity contribution in [3.8, 4) is 17.6 Å². The van der Waals surface area contributed by atoms with E-state index in [1.807, 2.05) is 42.7 Å². The first-order chi connectivity index (χ1) is 18.9. The highest BCUT2D eigenvalue weighted by Crippen LogP contribution is 2.38. The molecule has 2 aromatic carbocycles. The number of carbonyl (C=O) groups excluding carboxylic acids is 1. The maximum atomic E-state index is 11.8. The van der Waals surface area contributed by atoms with Gasteiger partial charge in [0.15, 0.2) is 10.9 Å². The third-order valence-corrected chi connectivity index (χ3v) is 6.68. The summed E-state index contributed by atoms with van der Waals surface area (Å²) in [6.45, 7) is 9.90. The minimum absolute atomic E-state index is 0.120. The summed E-state index contributed by atoms with van der Waals surface area (Å²) in [5.74, 6) is 0.546. The van der Waals surface area contributed by atoms with Crippen LogP contribution in [0.4, 0.5) is 0 Å². The Morgan fingerprint density at radius 3 is 2.40 bits per heavy atom. The molecule has 0 aliphatic heterocycles. The smallest absolute Gasteiger partial charge is 0.332 e. The molecule has 0 bridgehead atoms. The fourth-order valence-electron chi connectivity index (χ4n) is 3.76. The van der Waals surface area contributed by atoms with Gasteiger partial charge in [-0.05, 0) is 68.5 Å². The number of nitrogens with zero attached hydrogens (tertiary/aromatic N) is 3. The van der Waals surface area contributed by atoms with Gasteiger partial charge in [-0.25, -0.2) is 14.8 Å². The van der Waals surface area contributed by atoms with Crippen LogP contribution in [0.3, 0.4) is 0 Å². The fraction of sp³-hybridized carbons (Fsp3) is 0.400. The zero-order chi connectivity index (χ0) is 29.3. The van der Waals surface area contributed by atoms with Gasteiger partial charge in [-0.2, -0.15) is 5.26 Å². The molecule has 0 N–H and O–H groups in total. The molecule has 0 atom stereocenters. The Balaban J connectivity index is 1.63. The number of hydrogen-bond donors (Lipinski definition) is 0. The van der Waals surface area contributed by atoms with Gasteiger partial charge >= 0.3 is 5.97 Å². The van der Waals surface area contributed by atoms with Gasteiger partial charge in [0, 0.05) is 11.6 Å². The largest absolute Gasteiger partial charge is 0.488 e. The Kier molecular flexibility index (Phi) is 10.8. The molecule has 0 radical (unpaired) electrons. The molecule has 10 heteroatoms. The molecule has 0 aliphatic rings. The van der Waals surface area contributed by atoms with Crippen LogP contribution in [-0.4, -0.2) is 47.6 Å². The van der Waals surface area contributed by atoms with E-state index < -0.39 is 17.0 Å². The van der Waals surface area contributed by atoms with E-state index in [1.165, 1.54) is 11.8 Å². The lowest BCUT2D eigenvalue weighted by molar-refractivity contribution is -0.160. The Morgan fingerprint density at radius 1 is 1.02 bits per heavy atom. The van der Waals surface area contributed by atoms with E-state index in [-0.39, 0.29) is 25.6 Å². The van der Waals surface area contributed by atoms with Crippen molar-refractivity contribution in [1.82, 2.24) is 9.97 Å². The van der Waals surface area contributed by atoms with Gasteiger partial charge < -0.3 is 18.9 Å². The molecule has 40 heavy (non-hydrogen) atoms. The molecule has 0 saturated carbocycles. The standard InChI is InChI=1S/C30H34ClN3O5S/c1-29(2,3)39-26(35)19-36-13-14-37-27-20(17-32)15-22(16-25(27)31)30(4,5)21-7-9-24(10-8-21)38-18-23-11-12-33-28(34-23)40-6/h7-12,15-16H,13-14,18-19H2,1-6H3. The van der Waals surface area contributed by atoms with Crippen LogP contribution >= 0.6 is 23.4 Å². The van der Waals surface area contributed by atoms with Crippen molar-refractivity contribution in [2.24, 2.45) is 0 Å². The van der Waals surface area contributed by atoms with E-state index in [4.69, 9.17) is 30.5 Å². The van der Waals surface area contributed by atoms with Gasteiger partial charge in [-0.3, -0.25) is 0 Å². The van der Waals surface area contributed by atoms with E-state index in [0.29, 0.717) is 22.3 Å². The molecule has 0 amide bonds. The highest BCUT2D eigenvalue weighted by molar-refractivity contribution is 7.98. The average Bonchev–Trinajstić information content (AvgIpc) is 2.91. The topological polar surface area (TPSA) is 104 Å². The second-order valence-corrected chi connectivity index (χ2v) is 11.6. The van der Waals surface area contributed by atoms with Crippen LogP contribution in [0.5, 0.6) is 11.5 Å². The van der Waals surface area contributed by atoms with Crippen molar-refractivity contribution < 1.29 is 23.7 Å². The number of hydrogen-bond acceptors (Lipinski definition) is 9. The van der Waals surface area contributed by atoms with Crippen molar-refractivity contribution >= 4 is 29.3 Å². The third-order valence-electron chi connectivity index (χ3n) is 5.84. The SMILES string of the molecule is CSc1nccc(COc2ccc(C(C)(C)c3cc(Cl)c(OCCOCC(=O)OC(C)(C)C)c(C#N)c3)cc2)n1. The Labute approximate surface area is 245 Å². The number of nitriles is 1. The summed E-state index contributed by atoms with van der Waals surface area (Å²) in [4.78, 5) is 20.4. The Hall–Kier alpha value is -3.32. The number of halogens is 1. The van der Waals surface area contributed by atoms with Crippen molar-refractivity contribution in [3.05, 3.63) is 76.1 Å². The second-order valence-electron chi connectivity index (χ2n) is 10.4. The predicted octanol–water partition coefficient (Wildman–Crippen LogP) is 6.37. The predicted molar refractivity (Wildman–Crippen MR) is 155 cm³/mol. The number of thioether (sulfide) groups is 1. The lowest BCUT2D eigenvalue weighted by Gasteiger charge is -2.27. The third kappa shape index (κ3) is 8.85. The van der Waals surface area contributed by atoms with Crippen molar-refractivity contribution in [2.45, 2.75) is 57.4 Å². The highest BCUT2D eigenvalue weighted by Gasteiger charge is 2.26. The zero-order valence-electron chi connectivity index (χ0n) is 23.6. The molecule has 0 saturated heterocycles. The number of ether oxygens (including phenoxy) is 4. The molecule has 8 nitrogen and oxygen atoms in total. The van der Waals surface area contributed by atoms with E-state index in [9.17, 15) is 10.1 Å². The monoisotopic (exact) mass is 583 g/mol. The number of benzene rings is 2. The molecule has 1 heterocycles. The maximum Gasteiger partial charge on any atom is 0.332 e. The van der Waals surface area contributed by atoms with Gasteiger partial charge in [0.1, 0.15) is 37.2 Å². The molecule has 1 aromatic heterocycles. The minimum atomic E-state index is -0.575. The molecular weight excluding hydrogens is 550 g/mol. The first kappa shape index (κ1) is 31.2. The number of aromatic nitrogens is 2. The Morgan fingerprint density at radius 2 is 1.75 bits per heavy atom. The van der Waals surface area contributed by atoms with Gasteiger partial charge in [0.05, 0.1) is 22.9 Å². The average molecular weight is 584 g/mol. The van der Waals surface area contributed by atoms with E-state index in [1.54, 1.807) is 33.0 Å². The summed E-state index contributed by atoms with van der Waals surface area (Å²) in [7, 11) is 0. The molecule has 212 valence electrons. The Bertz CT molecular complexity index is 1350. The second kappa shape index (κ2) is 13.8. The van der Waals surface area contributed by atoms with Crippen LogP contribution in [-0.2, 0) is 26.3 Å². The molecule has 0 aliphatic carbocycles. The van der Waals surface area contributed by atoms with Crippen LogP contribution in [0, 0.1) is 11.3 Å². The van der Waals surface area contributed by atoms with Gasteiger partial charge in [0.25, 0.3) is 0 Å². The first-order valence-electron chi connectivity index (χ1n) is 12.7.